The van der Waals surface area contributed by atoms with Crippen molar-refractivity contribution in [3.63, 3.8) is 0 Å². The van der Waals surface area contributed by atoms with E-state index in [0.717, 1.165) is 0 Å². The van der Waals surface area contributed by atoms with Crippen LogP contribution in [0.5, 0.6) is 0 Å². The van der Waals surface area contributed by atoms with Crippen LogP contribution in [0.1, 0.15) is 13.8 Å². The van der Waals surface area contributed by atoms with Crippen molar-refractivity contribution in [1.82, 2.24) is 4.90 Å². The quantitative estimate of drug-likeness (QED) is 0.809. The number of nitrogens with one attached hydrogen (secondary N) is 1. The maximum Gasteiger partial charge on any atom is 0.238 e. The molecule has 4 nitrogen and oxygen atoms in total. The highest BCUT2D eigenvalue weighted by Gasteiger charge is 2.18. The summed E-state index contributed by atoms with van der Waals surface area (Å²) in [5.74, 6) is -0.253. The van der Waals surface area contributed by atoms with Crippen molar-refractivity contribution >= 4 is 46.4 Å². The Balaban J connectivity index is 2.65. The van der Waals surface area contributed by atoms with Gasteiger partial charge in [0.05, 0.1) is 32.9 Å². The van der Waals surface area contributed by atoms with Crippen molar-refractivity contribution in [1.29, 1.82) is 0 Å². The lowest BCUT2D eigenvalue weighted by atomic mass is 10.1. The molecule has 0 aliphatic carbocycles. The zero-order chi connectivity index (χ0) is 15.5. The number of carbonyl (C=O) groups is 1. The second kappa shape index (κ2) is 6.96. The lowest BCUT2D eigenvalue weighted by Gasteiger charge is -2.24. The fourth-order valence-corrected chi connectivity index (χ4v) is 2.36. The minimum absolute atomic E-state index is 0.126. The number of amides is 1. The Morgan fingerprint density at radius 3 is 2.35 bits per heavy atom. The smallest absolute Gasteiger partial charge is 0.238 e. The summed E-state index contributed by atoms with van der Waals surface area (Å²) in [7, 11) is 1.74. The van der Waals surface area contributed by atoms with E-state index in [0.29, 0.717) is 27.3 Å². The molecule has 0 aromatic heterocycles. The average Bonchev–Trinajstić information content (AvgIpc) is 2.22. The Kier molecular flexibility index (Phi) is 6.10. The van der Waals surface area contributed by atoms with Crippen molar-refractivity contribution in [3.8, 4) is 0 Å². The third kappa shape index (κ3) is 5.85. The number of aliphatic hydroxyl groups is 1. The number of hydrogen-bond donors (Lipinski definition) is 2. The highest BCUT2D eigenvalue weighted by atomic mass is 35.5. The van der Waals surface area contributed by atoms with Gasteiger partial charge in [0.25, 0.3) is 0 Å². The molecule has 0 bridgehead atoms. The lowest BCUT2D eigenvalue weighted by Crippen LogP contribution is -2.40. The molecule has 0 atom stereocenters. The number of carbonyl (C=O) groups excluding carboxylic acids is 1. The Labute approximate surface area is 133 Å². The second-order valence-electron chi connectivity index (χ2n) is 5.28. The molecular weight excluding hydrogens is 323 g/mol. The van der Waals surface area contributed by atoms with Gasteiger partial charge in [0.15, 0.2) is 0 Å². The SMILES string of the molecule is CN(CC(=O)Nc1cc(Cl)c(Cl)cc1Cl)CC(C)(C)O. The first-order valence-electron chi connectivity index (χ1n) is 5.94. The topological polar surface area (TPSA) is 52.6 Å². The van der Waals surface area contributed by atoms with Crippen LogP contribution in [0.3, 0.4) is 0 Å². The number of hydrogen-bond acceptors (Lipinski definition) is 3. The van der Waals surface area contributed by atoms with Gasteiger partial charge in [-0.2, -0.15) is 0 Å². The molecule has 112 valence electrons. The maximum atomic E-state index is 11.9. The van der Waals surface area contributed by atoms with E-state index >= 15 is 0 Å². The Morgan fingerprint density at radius 2 is 1.80 bits per heavy atom. The molecule has 0 spiro atoms. The van der Waals surface area contributed by atoms with Crippen molar-refractivity contribution < 1.29 is 9.90 Å². The highest BCUT2D eigenvalue weighted by Crippen LogP contribution is 2.32. The van der Waals surface area contributed by atoms with Gasteiger partial charge in [0, 0.05) is 6.54 Å². The normalized spacial score (nSPS) is 11.8. The molecule has 7 heteroatoms. The van der Waals surface area contributed by atoms with Gasteiger partial charge in [-0.25, -0.2) is 0 Å². The fourth-order valence-electron chi connectivity index (χ4n) is 1.77. The molecule has 1 aromatic carbocycles. The molecule has 0 unspecified atom stereocenters. The van der Waals surface area contributed by atoms with E-state index in [4.69, 9.17) is 34.8 Å². The van der Waals surface area contributed by atoms with E-state index in [1.54, 1.807) is 25.8 Å². The summed E-state index contributed by atoms with van der Waals surface area (Å²) in [6.45, 7) is 3.85. The molecule has 1 amide bonds. The summed E-state index contributed by atoms with van der Waals surface area (Å²) in [5, 5.41) is 13.3. The molecule has 0 aliphatic rings. The first kappa shape index (κ1) is 17.5. The number of rotatable bonds is 5. The number of anilines is 1. The molecule has 0 aliphatic heterocycles. The highest BCUT2D eigenvalue weighted by molar-refractivity contribution is 6.44. The zero-order valence-corrected chi connectivity index (χ0v) is 13.8. The Hall–Kier alpha value is -0.520. The third-order valence-corrected chi connectivity index (χ3v) is 3.39. The Morgan fingerprint density at radius 1 is 1.25 bits per heavy atom. The largest absolute Gasteiger partial charge is 0.389 e. The molecule has 0 radical (unpaired) electrons. The van der Waals surface area contributed by atoms with Gasteiger partial charge < -0.3 is 10.4 Å². The van der Waals surface area contributed by atoms with Crippen LogP contribution >= 0.6 is 34.8 Å². The van der Waals surface area contributed by atoms with E-state index < -0.39 is 5.60 Å². The van der Waals surface area contributed by atoms with Gasteiger partial charge in [0.2, 0.25) is 5.91 Å². The van der Waals surface area contributed by atoms with Crippen LogP contribution in [0.15, 0.2) is 12.1 Å². The van der Waals surface area contributed by atoms with Crippen molar-refractivity contribution in [2.75, 3.05) is 25.5 Å². The minimum Gasteiger partial charge on any atom is -0.389 e. The third-order valence-electron chi connectivity index (χ3n) is 2.35. The molecule has 2 N–H and O–H groups in total. The minimum atomic E-state index is -0.865. The molecular formula is C13H17Cl3N2O2. The summed E-state index contributed by atoms with van der Waals surface area (Å²) >= 11 is 17.7. The van der Waals surface area contributed by atoms with Crippen LogP contribution in [0.4, 0.5) is 5.69 Å². The summed E-state index contributed by atoms with van der Waals surface area (Å²) in [5.41, 5.74) is -0.460. The standard InChI is InChI=1S/C13H17Cl3N2O2/c1-13(2,20)7-18(3)6-12(19)17-11-5-9(15)8(14)4-10(11)16/h4-5,20H,6-7H2,1-3H3,(H,17,19). The monoisotopic (exact) mass is 338 g/mol. The summed E-state index contributed by atoms with van der Waals surface area (Å²) in [6, 6.07) is 2.97. The zero-order valence-electron chi connectivity index (χ0n) is 11.5. The van der Waals surface area contributed by atoms with E-state index in [1.165, 1.54) is 12.1 Å². The number of nitrogens with zero attached hydrogens (tertiary/aromatic N) is 1. The van der Waals surface area contributed by atoms with E-state index in [-0.39, 0.29) is 12.5 Å². The van der Waals surface area contributed by atoms with Crippen LogP contribution in [0.25, 0.3) is 0 Å². The second-order valence-corrected chi connectivity index (χ2v) is 6.50. The predicted octanol–water partition coefficient (Wildman–Crippen LogP) is 3.29. The van der Waals surface area contributed by atoms with E-state index in [2.05, 4.69) is 5.32 Å². The van der Waals surface area contributed by atoms with Gasteiger partial charge >= 0.3 is 0 Å². The van der Waals surface area contributed by atoms with Gasteiger partial charge in [-0.3, -0.25) is 9.69 Å². The predicted molar refractivity (Wildman–Crippen MR) is 83.9 cm³/mol. The number of halogens is 3. The van der Waals surface area contributed by atoms with Crippen molar-refractivity contribution in [2.24, 2.45) is 0 Å². The van der Waals surface area contributed by atoms with Gasteiger partial charge in [-0.15, -0.1) is 0 Å². The number of likely N-dealkylation sites (N-methyl/N-ethyl adjacent to an activating group) is 1. The molecule has 0 saturated heterocycles. The van der Waals surface area contributed by atoms with Crippen LogP contribution < -0.4 is 5.32 Å². The molecule has 0 fully saturated rings. The molecule has 0 saturated carbocycles. The summed E-state index contributed by atoms with van der Waals surface area (Å²) in [6.07, 6.45) is 0. The first-order valence-corrected chi connectivity index (χ1v) is 7.07. The molecule has 1 aromatic rings. The van der Waals surface area contributed by atoms with Crippen LogP contribution in [-0.4, -0.2) is 41.7 Å². The molecule has 1 rings (SSSR count). The average molecular weight is 340 g/mol. The lowest BCUT2D eigenvalue weighted by molar-refractivity contribution is -0.117. The van der Waals surface area contributed by atoms with Crippen molar-refractivity contribution in [3.05, 3.63) is 27.2 Å². The van der Waals surface area contributed by atoms with Gasteiger partial charge in [-0.1, -0.05) is 34.8 Å². The summed E-state index contributed by atoms with van der Waals surface area (Å²) in [4.78, 5) is 13.6. The maximum absolute atomic E-state index is 11.9. The van der Waals surface area contributed by atoms with Crippen LogP contribution in [-0.2, 0) is 4.79 Å². The molecule has 0 heterocycles. The number of benzene rings is 1. The van der Waals surface area contributed by atoms with Crippen LogP contribution in [0.2, 0.25) is 15.1 Å². The first-order chi connectivity index (χ1) is 9.08. The fraction of sp³-hybridized carbons (Fsp3) is 0.462. The van der Waals surface area contributed by atoms with Crippen molar-refractivity contribution in [2.45, 2.75) is 19.4 Å². The van der Waals surface area contributed by atoms with Gasteiger partial charge in [0.1, 0.15) is 0 Å². The van der Waals surface area contributed by atoms with Gasteiger partial charge in [-0.05, 0) is 33.0 Å². The van der Waals surface area contributed by atoms with E-state index in [1.807, 2.05) is 0 Å². The summed E-state index contributed by atoms with van der Waals surface area (Å²) < 4.78 is 0. The van der Waals surface area contributed by atoms with E-state index in [9.17, 15) is 9.90 Å². The Bertz CT molecular complexity index is 501. The van der Waals surface area contributed by atoms with Crippen LogP contribution in [0, 0.1) is 0 Å². The molecule has 20 heavy (non-hydrogen) atoms.